The molecule has 0 spiro atoms. The predicted molar refractivity (Wildman–Crippen MR) is 69.6 cm³/mol. The minimum atomic E-state index is 0.455. The highest BCUT2D eigenvalue weighted by Crippen LogP contribution is 2.27. The number of morpholine rings is 1. The van der Waals surface area contributed by atoms with E-state index in [1.165, 1.54) is 38.5 Å². The molecule has 0 aromatic heterocycles. The van der Waals surface area contributed by atoms with Gasteiger partial charge in [-0.2, -0.15) is 0 Å². The van der Waals surface area contributed by atoms with Gasteiger partial charge in [0.1, 0.15) is 0 Å². The van der Waals surface area contributed by atoms with E-state index in [1.54, 1.807) is 0 Å². The summed E-state index contributed by atoms with van der Waals surface area (Å²) in [4.78, 5) is 0. The molecule has 0 aromatic rings. The topological polar surface area (TPSA) is 50.5 Å². The van der Waals surface area contributed by atoms with Crippen LogP contribution < -0.4 is 11.2 Å². The molecule has 2 fully saturated rings. The van der Waals surface area contributed by atoms with Crippen LogP contribution in [0, 0.1) is 5.92 Å². The number of nitrogens with two attached hydrogens (primary N) is 1. The van der Waals surface area contributed by atoms with E-state index in [2.05, 4.69) is 10.4 Å². The maximum atomic E-state index is 5.89. The van der Waals surface area contributed by atoms with Crippen LogP contribution in [-0.2, 0) is 4.74 Å². The first-order valence-electron chi connectivity index (χ1n) is 7.17. The van der Waals surface area contributed by atoms with Crippen LogP contribution in [-0.4, -0.2) is 43.9 Å². The molecule has 0 bridgehead atoms. The number of nitrogens with one attached hydrogen (secondary N) is 1. The first-order valence-corrected chi connectivity index (χ1v) is 7.17. The molecule has 17 heavy (non-hydrogen) atoms. The first-order chi connectivity index (χ1) is 8.38. The van der Waals surface area contributed by atoms with Crippen LogP contribution in [0.3, 0.4) is 0 Å². The molecule has 1 heterocycles. The Morgan fingerprint density at radius 2 is 1.88 bits per heavy atom. The van der Waals surface area contributed by atoms with Crippen molar-refractivity contribution in [2.24, 2.45) is 11.7 Å². The zero-order valence-electron chi connectivity index (χ0n) is 10.9. The van der Waals surface area contributed by atoms with Crippen molar-refractivity contribution in [3.8, 4) is 0 Å². The van der Waals surface area contributed by atoms with Crippen molar-refractivity contribution in [2.45, 2.75) is 44.6 Å². The molecule has 100 valence electrons. The number of rotatable bonds is 5. The van der Waals surface area contributed by atoms with Crippen molar-refractivity contribution < 1.29 is 4.74 Å². The first kappa shape index (κ1) is 13.3. The Bertz CT molecular complexity index is 181. The number of hydrazine groups is 1. The van der Waals surface area contributed by atoms with E-state index in [0.29, 0.717) is 6.04 Å². The summed E-state index contributed by atoms with van der Waals surface area (Å²) >= 11 is 0. The molecule has 1 aliphatic heterocycles. The SMILES string of the molecule is NCC(CC1CCCCC1)NN1CCOCC1. The van der Waals surface area contributed by atoms with E-state index in [1.807, 2.05) is 0 Å². The summed E-state index contributed by atoms with van der Waals surface area (Å²) in [5.74, 6) is 0.894. The lowest BCUT2D eigenvalue weighted by Gasteiger charge is -2.33. The predicted octanol–water partition coefficient (Wildman–Crippen LogP) is 1.12. The largest absolute Gasteiger partial charge is 0.379 e. The zero-order valence-corrected chi connectivity index (χ0v) is 10.9. The van der Waals surface area contributed by atoms with Crippen molar-refractivity contribution in [3.05, 3.63) is 0 Å². The molecule has 4 heteroatoms. The summed E-state index contributed by atoms with van der Waals surface area (Å²) in [6, 6.07) is 0.455. The van der Waals surface area contributed by atoms with E-state index in [-0.39, 0.29) is 0 Å². The quantitative estimate of drug-likeness (QED) is 0.757. The normalized spacial score (nSPS) is 25.9. The van der Waals surface area contributed by atoms with Crippen LogP contribution in [0.2, 0.25) is 0 Å². The molecule has 1 aliphatic carbocycles. The molecule has 1 atom stereocenters. The van der Waals surface area contributed by atoms with E-state index in [9.17, 15) is 0 Å². The molecule has 0 aromatic carbocycles. The Labute approximate surface area is 105 Å². The average Bonchev–Trinajstić information content (AvgIpc) is 2.40. The Hall–Kier alpha value is -0.160. The molecule has 1 saturated carbocycles. The third kappa shape index (κ3) is 4.54. The number of hydrogen-bond acceptors (Lipinski definition) is 4. The highest BCUT2D eigenvalue weighted by atomic mass is 16.5. The van der Waals surface area contributed by atoms with Crippen molar-refractivity contribution in [2.75, 3.05) is 32.8 Å². The molecular formula is C13H27N3O. The lowest BCUT2D eigenvalue weighted by atomic mass is 9.85. The Morgan fingerprint density at radius 3 is 2.53 bits per heavy atom. The minimum Gasteiger partial charge on any atom is -0.379 e. The second kappa shape index (κ2) is 7.31. The molecule has 2 rings (SSSR count). The highest BCUT2D eigenvalue weighted by molar-refractivity contribution is 4.75. The standard InChI is InChI=1S/C13H27N3O/c14-11-13(10-12-4-2-1-3-5-12)15-16-6-8-17-9-7-16/h12-13,15H,1-11,14H2. The average molecular weight is 241 g/mol. The van der Waals surface area contributed by atoms with Gasteiger partial charge in [0.15, 0.2) is 0 Å². The number of ether oxygens (including phenoxy) is 1. The fourth-order valence-electron chi connectivity index (χ4n) is 2.98. The van der Waals surface area contributed by atoms with Crippen LogP contribution in [0.5, 0.6) is 0 Å². The minimum absolute atomic E-state index is 0.455. The molecule has 1 unspecified atom stereocenters. The van der Waals surface area contributed by atoms with Gasteiger partial charge in [0.2, 0.25) is 0 Å². The molecule has 2 aliphatic rings. The van der Waals surface area contributed by atoms with Gasteiger partial charge in [0.25, 0.3) is 0 Å². The van der Waals surface area contributed by atoms with Gasteiger partial charge >= 0.3 is 0 Å². The Balaban J connectivity index is 1.71. The van der Waals surface area contributed by atoms with Crippen molar-refractivity contribution in [1.29, 1.82) is 0 Å². The van der Waals surface area contributed by atoms with Crippen molar-refractivity contribution in [1.82, 2.24) is 10.4 Å². The van der Waals surface area contributed by atoms with E-state index in [0.717, 1.165) is 38.8 Å². The smallest absolute Gasteiger partial charge is 0.0608 e. The van der Waals surface area contributed by atoms with Crippen LogP contribution in [0.4, 0.5) is 0 Å². The maximum Gasteiger partial charge on any atom is 0.0608 e. The molecule has 4 nitrogen and oxygen atoms in total. The molecular weight excluding hydrogens is 214 g/mol. The van der Waals surface area contributed by atoms with Gasteiger partial charge < -0.3 is 10.5 Å². The molecule has 1 saturated heterocycles. The lowest BCUT2D eigenvalue weighted by molar-refractivity contribution is 0.00181. The Morgan fingerprint density at radius 1 is 1.18 bits per heavy atom. The lowest BCUT2D eigenvalue weighted by Crippen LogP contribution is -2.52. The van der Waals surface area contributed by atoms with Crippen LogP contribution in [0.15, 0.2) is 0 Å². The van der Waals surface area contributed by atoms with Crippen molar-refractivity contribution >= 4 is 0 Å². The number of nitrogens with zero attached hydrogens (tertiary/aromatic N) is 1. The summed E-state index contributed by atoms with van der Waals surface area (Å²) in [5.41, 5.74) is 9.47. The summed E-state index contributed by atoms with van der Waals surface area (Å²) in [6.45, 7) is 4.40. The molecule has 0 amide bonds. The maximum absolute atomic E-state index is 5.89. The number of hydrogen-bond donors (Lipinski definition) is 2. The van der Waals surface area contributed by atoms with Gasteiger partial charge in [0.05, 0.1) is 13.2 Å². The summed E-state index contributed by atoms with van der Waals surface area (Å²) < 4.78 is 5.35. The fraction of sp³-hybridized carbons (Fsp3) is 1.00. The van der Waals surface area contributed by atoms with Gasteiger partial charge in [-0.3, -0.25) is 5.43 Å². The van der Waals surface area contributed by atoms with Crippen LogP contribution in [0.1, 0.15) is 38.5 Å². The van der Waals surface area contributed by atoms with E-state index < -0.39 is 0 Å². The molecule has 3 N–H and O–H groups in total. The van der Waals surface area contributed by atoms with Gasteiger partial charge in [-0.25, -0.2) is 5.01 Å². The highest BCUT2D eigenvalue weighted by Gasteiger charge is 2.20. The van der Waals surface area contributed by atoms with Crippen LogP contribution >= 0.6 is 0 Å². The Kier molecular flexibility index (Phi) is 5.71. The van der Waals surface area contributed by atoms with Crippen LogP contribution in [0.25, 0.3) is 0 Å². The summed E-state index contributed by atoms with van der Waals surface area (Å²) in [5, 5.41) is 2.28. The van der Waals surface area contributed by atoms with Gasteiger partial charge in [-0.1, -0.05) is 32.1 Å². The molecule has 0 radical (unpaired) electrons. The third-order valence-corrected chi connectivity index (χ3v) is 4.00. The monoisotopic (exact) mass is 241 g/mol. The summed E-state index contributed by atoms with van der Waals surface area (Å²) in [7, 11) is 0. The second-order valence-electron chi connectivity index (χ2n) is 5.40. The van der Waals surface area contributed by atoms with Gasteiger partial charge in [-0.05, 0) is 12.3 Å². The second-order valence-corrected chi connectivity index (χ2v) is 5.40. The fourth-order valence-corrected chi connectivity index (χ4v) is 2.98. The van der Waals surface area contributed by atoms with E-state index >= 15 is 0 Å². The summed E-state index contributed by atoms with van der Waals surface area (Å²) in [6.07, 6.45) is 8.32. The van der Waals surface area contributed by atoms with E-state index in [4.69, 9.17) is 10.5 Å². The van der Waals surface area contributed by atoms with Gasteiger partial charge in [-0.15, -0.1) is 0 Å². The zero-order chi connectivity index (χ0) is 11.9. The van der Waals surface area contributed by atoms with Gasteiger partial charge in [0, 0.05) is 25.7 Å². The van der Waals surface area contributed by atoms with Crippen molar-refractivity contribution in [3.63, 3.8) is 0 Å². The third-order valence-electron chi connectivity index (χ3n) is 4.00.